The normalized spacial score (nSPS) is 14.1. The minimum Gasteiger partial charge on any atom is -0.398 e. The number of nitrogens with one attached hydrogen (secondary N) is 2. The molecule has 1 saturated carbocycles. The fourth-order valence-electron chi connectivity index (χ4n) is 3.20. The summed E-state index contributed by atoms with van der Waals surface area (Å²) in [4.78, 5) is 24.7. The third-order valence-corrected chi connectivity index (χ3v) is 4.66. The standard InChI is InChI=1S/C20H22FN3O2.ClH/c21-16-11-10-14(23-20(26)15-8-4-5-9-17(15)22)12-18(16)24-19(25)13-6-2-1-3-7-13;/h4-5,8-13H,1-3,6-7,22H2,(H,23,26)(H,24,25);1H. The number of hydrogen-bond acceptors (Lipinski definition) is 3. The Morgan fingerprint density at radius 3 is 2.41 bits per heavy atom. The summed E-state index contributed by atoms with van der Waals surface area (Å²) in [5, 5.41) is 5.34. The zero-order valence-corrected chi connectivity index (χ0v) is 15.7. The molecule has 2 amide bonds. The molecule has 0 saturated heterocycles. The number of amides is 2. The van der Waals surface area contributed by atoms with Crippen LogP contribution in [0.2, 0.25) is 0 Å². The molecule has 0 radical (unpaired) electrons. The molecule has 0 heterocycles. The third-order valence-electron chi connectivity index (χ3n) is 4.66. The van der Waals surface area contributed by atoms with E-state index in [2.05, 4.69) is 10.6 Å². The second kappa shape index (κ2) is 9.37. The van der Waals surface area contributed by atoms with Gasteiger partial charge in [0.15, 0.2) is 0 Å². The lowest BCUT2D eigenvalue weighted by Crippen LogP contribution is -2.25. The molecule has 1 fully saturated rings. The molecule has 7 heteroatoms. The van der Waals surface area contributed by atoms with Gasteiger partial charge < -0.3 is 16.4 Å². The smallest absolute Gasteiger partial charge is 0.257 e. The number of carbonyl (C=O) groups excluding carboxylic acids is 2. The topological polar surface area (TPSA) is 84.2 Å². The number of hydrogen-bond donors (Lipinski definition) is 3. The first-order valence-electron chi connectivity index (χ1n) is 8.81. The molecule has 1 aliphatic carbocycles. The van der Waals surface area contributed by atoms with Crippen molar-refractivity contribution in [3.63, 3.8) is 0 Å². The first kappa shape index (κ1) is 20.7. The molecule has 1 aliphatic rings. The summed E-state index contributed by atoms with van der Waals surface area (Å²) < 4.78 is 14.1. The average Bonchev–Trinajstić information content (AvgIpc) is 2.65. The Hall–Kier alpha value is -2.60. The zero-order valence-electron chi connectivity index (χ0n) is 14.8. The predicted octanol–water partition coefficient (Wildman–Crippen LogP) is 4.60. The van der Waals surface area contributed by atoms with Gasteiger partial charge in [-0.25, -0.2) is 4.39 Å². The van der Waals surface area contributed by atoms with Crippen LogP contribution in [0.5, 0.6) is 0 Å². The van der Waals surface area contributed by atoms with Gasteiger partial charge >= 0.3 is 0 Å². The number of anilines is 3. The largest absolute Gasteiger partial charge is 0.398 e. The second-order valence-corrected chi connectivity index (χ2v) is 6.56. The lowest BCUT2D eigenvalue weighted by Gasteiger charge is -2.21. The van der Waals surface area contributed by atoms with E-state index in [0.29, 0.717) is 16.9 Å². The van der Waals surface area contributed by atoms with Crippen molar-refractivity contribution in [2.24, 2.45) is 5.92 Å². The van der Waals surface area contributed by atoms with Gasteiger partial charge in [-0.15, -0.1) is 12.4 Å². The summed E-state index contributed by atoms with van der Waals surface area (Å²) in [5.41, 5.74) is 6.95. The van der Waals surface area contributed by atoms with Crippen LogP contribution >= 0.6 is 12.4 Å². The molecule has 0 aromatic heterocycles. The summed E-state index contributed by atoms with van der Waals surface area (Å²) in [5.74, 6) is -1.17. The van der Waals surface area contributed by atoms with E-state index < -0.39 is 5.82 Å². The van der Waals surface area contributed by atoms with Crippen LogP contribution in [0.1, 0.15) is 42.5 Å². The molecular formula is C20H23ClFN3O2. The Balaban J connectivity index is 0.00000261. The summed E-state index contributed by atoms with van der Waals surface area (Å²) in [6.07, 6.45) is 4.85. The molecule has 3 rings (SSSR count). The van der Waals surface area contributed by atoms with Crippen LogP contribution in [0.4, 0.5) is 21.5 Å². The van der Waals surface area contributed by atoms with E-state index in [-0.39, 0.29) is 35.8 Å². The maximum absolute atomic E-state index is 14.1. The fraction of sp³-hybridized carbons (Fsp3) is 0.300. The van der Waals surface area contributed by atoms with E-state index in [1.165, 1.54) is 18.2 Å². The van der Waals surface area contributed by atoms with Crippen LogP contribution in [0.3, 0.4) is 0 Å². The Bertz CT molecular complexity index is 823. The van der Waals surface area contributed by atoms with Crippen molar-refractivity contribution in [2.75, 3.05) is 16.4 Å². The van der Waals surface area contributed by atoms with Crippen molar-refractivity contribution in [1.29, 1.82) is 0 Å². The van der Waals surface area contributed by atoms with Gasteiger partial charge in [0, 0.05) is 17.3 Å². The van der Waals surface area contributed by atoms with E-state index >= 15 is 0 Å². The molecule has 27 heavy (non-hydrogen) atoms. The number of benzene rings is 2. The molecule has 0 atom stereocenters. The van der Waals surface area contributed by atoms with E-state index in [4.69, 9.17) is 5.73 Å². The molecular weight excluding hydrogens is 369 g/mol. The average molecular weight is 392 g/mol. The molecule has 0 aliphatic heterocycles. The van der Waals surface area contributed by atoms with E-state index in [1.807, 2.05) is 0 Å². The molecule has 144 valence electrons. The molecule has 0 unspecified atom stereocenters. The molecule has 5 nitrogen and oxygen atoms in total. The highest BCUT2D eigenvalue weighted by atomic mass is 35.5. The Morgan fingerprint density at radius 2 is 1.70 bits per heavy atom. The van der Waals surface area contributed by atoms with Crippen LogP contribution in [-0.4, -0.2) is 11.8 Å². The highest BCUT2D eigenvalue weighted by Gasteiger charge is 2.22. The summed E-state index contributed by atoms with van der Waals surface area (Å²) in [6.45, 7) is 0. The van der Waals surface area contributed by atoms with Gasteiger partial charge in [-0.1, -0.05) is 31.4 Å². The lowest BCUT2D eigenvalue weighted by atomic mass is 9.88. The molecule has 0 bridgehead atoms. The van der Waals surface area contributed by atoms with Gasteiger partial charge in [0.1, 0.15) is 5.82 Å². The number of halogens is 2. The highest BCUT2D eigenvalue weighted by molar-refractivity contribution is 6.08. The van der Waals surface area contributed by atoms with Gasteiger partial charge in [0.2, 0.25) is 5.91 Å². The number of carbonyl (C=O) groups is 2. The monoisotopic (exact) mass is 391 g/mol. The van der Waals surface area contributed by atoms with E-state index in [1.54, 1.807) is 24.3 Å². The third kappa shape index (κ3) is 5.20. The Kier molecular flexibility index (Phi) is 7.19. The maximum Gasteiger partial charge on any atom is 0.257 e. The summed E-state index contributed by atoms with van der Waals surface area (Å²) >= 11 is 0. The van der Waals surface area contributed by atoms with E-state index in [0.717, 1.165) is 32.1 Å². The van der Waals surface area contributed by atoms with Gasteiger partial charge in [0.25, 0.3) is 5.91 Å². The van der Waals surface area contributed by atoms with Gasteiger partial charge in [0.05, 0.1) is 11.3 Å². The van der Waals surface area contributed by atoms with Crippen LogP contribution in [0, 0.1) is 11.7 Å². The number of rotatable bonds is 4. The maximum atomic E-state index is 14.1. The van der Waals surface area contributed by atoms with Crippen LogP contribution in [-0.2, 0) is 4.79 Å². The Labute approximate surface area is 163 Å². The Morgan fingerprint density at radius 1 is 1.00 bits per heavy atom. The van der Waals surface area contributed by atoms with Crippen LogP contribution in [0.15, 0.2) is 42.5 Å². The summed E-state index contributed by atoms with van der Waals surface area (Å²) in [7, 11) is 0. The molecule has 4 N–H and O–H groups in total. The van der Waals surface area contributed by atoms with Crippen LogP contribution in [0.25, 0.3) is 0 Å². The van der Waals surface area contributed by atoms with Crippen molar-refractivity contribution >= 4 is 41.3 Å². The van der Waals surface area contributed by atoms with Crippen molar-refractivity contribution in [3.05, 3.63) is 53.8 Å². The van der Waals surface area contributed by atoms with Crippen molar-refractivity contribution in [1.82, 2.24) is 0 Å². The van der Waals surface area contributed by atoms with Crippen molar-refractivity contribution in [3.8, 4) is 0 Å². The summed E-state index contributed by atoms with van der Waals surface area (Å²) in [6, 6.07) is 10.8. The van der Waals surface area contributed by atoms with Crippen LogP contribution < -0.4 is 16.4 Å². The molecule has 2 aromatic carbocycles. The van der Waals surface area contributed by atoms with E-state index in [9.17, 15) is 14.0 Å². The first-order valence-corrected chi connectivity index (χ1v) is 8.81. The zero-order chi connectivity index (χ0) is 18.5. The minimum atomic E-state index is -0.536. The molecule has 0 spiro atoms. The predicted molar refractivity (Wildman–Crippen MR) is 108 cm³/mol. The van der Waals surface area contributed by atoms with Crippen molar-refractivity contribution < 1.29 is 14.0 Å². The number of para-hydroxylation sites is 1. The fourth-order valence-corrected chi connectivity index (χ4v) is 3.20. The SMILES string of the molecule is Cl.Nc1ccccc1C(=O)Nc1ccc(F)c(NC(=O)C2CCCCC2)c1. The van der Waals surface area contributed by atoms with Gasteiger partial charge in [-0.05, 0) is 43.2 Å². The number of nitrogens with two attached hydrogens (primary N) is 1. The highest BCUT2D eigenvalue weighted by Crippen LogP contribution is 2.27. The van der Waals surface area contributed by atoms with Crippen molar-refractivity contribution in [2.45, 2.75) is 32.1 Å². The minimum absolute atomic E-state index is 0. The quantitative estimate of drug-likeness (QED) is 0.666. The lowest BCUT2D eigenvalue weighted by molar-refractivity contribution is -0.120. The number of nitrogen functional groups attached to an aromatic ring is 1. The van der Waals surface area contributed by atoms with Gasteiger partial charge in [-0.3, -0.25) is 9.59 Å². The van der Waals surface area contributed by atoms with Gasteiger partial charge in [-0.2, -0.15) is 0 Å². The second-order valence-electron chi connectivity index (χ2n) is 6.56. The first-order chi connectivity index (χ1) is 12.5. The molecule has 2 aromatic rings.